The number of aromatic nitrogens is 2. The van der Waals surface area contributed by atoms with Crippen LogP contribution in [-0.4, -0.2) is 23.0 Å². The van der Waals surface area contributed by atoms with E-state index < -0.39 is 0 Å². The van der Waals surface area contributed by atoms with Gasteiger partial charge in [-0.1, -0.05) is 12.1 Å². The van der Waals surface area contributed by atoms with Gasteiger partial charge in [-0.15, -0.1) is 0 Å². The number of hydrogen-bond acceptors (Lipinski definition) is 3. The van der Waals surface area contributed by atoms with Gasteiger partial charge in [0.15, 0.2) is 0 Å². The molecule has 0 spiro atoms. The standard InChI is InChI=1S/C16H15N3O3/c1-22-12-5-2-10(3-6-12)8-15(20)17-11-4-7-13-14(9-11)19-16(21)18-13/h2-7,9H,8H2,1H3,(H,17,20)(H2,18,19,21). The average Bonchev–Trinajstić information content (AvgIpc) is 2.87. The van der Waals surface area contributed by atoms with Gasteiger partial charge in [-0.3, -0.25) is 4.79 Å². The number of carbonyl (C=O) groups is 1. The number of imidazole rings is 1. The Morgan fingerprint density at radius 1 is 1.09 bits per heavy atom. The number of carbonyl (C=O) groups excluding carboxylic acids is 1. The maximum absolute atomic E-state index is 12.1. The Bertz CT molecular complexity index is 862. The zero-order valence-corrected chi connectivity index (χ0v) is 12.0. The van der Waals surface area contributed by atoms with Gasteiger partial charge in [0.05, 0.1) is 24.6 Å². The normalized spacial score (nSPS) is 10.6. The molecule has 3 rings (SSSR count). The zero-order valence-electron chi connectivity index (χ0n) is 12.0. The summed E-state index contributed by atoms with van der Waals surface area (Å²) < 4.78 is 5.08. The predicted molar refractivity (Wildman–Crippen MR) is 84.2 cm³/mol. The number of fused-ring (bicyclic) bond motifs is 1. The minimum Gasteiger partial charge on any atom is -0.497 e. The van der Waals surface area contributed by atoms with E-state index >= 15 is 0 Å². The summed E-state index contributed by atoms with van der Waals surface area (Å²) in [6, 6.07) is 12.6. The molecule has 1 aromatic heterocycles. The highest BCUT2D eigenvalue weighted by molar-refractivity contribution is 5.94. The van der Waals surface area contributed by atoms with Gasteiger partial charge in [0.1, 0.15) is 5.75 Å². The Morgan fingerprint density at radius 3 is 2.55 bits per heavy atom. The van der Waals surface area contributed by atoms with Gasteiger partial charge in [0, 0.05) is 5.69 Å². The van der Waals surface area contributed by atoms with E-state index in [1.54, 1.807) is 25.3 Å². The van der Waals surface area contributed by atoms with Crippen LogP contribution >= 0.6 is 0 Å². The van der Waals surface area contributed by atoms with Crippen LogP contribution in [0, 0.1) is 0 Å². The number of benzene rings is 2. The molecule has 22 heavy (non-hydrogen) atoms. The van der Waals surface area contributed by atoms with Gasteiger partial charge >= 0.3 is 5.69 Å². The second kappa shape index (κ2) is 5.77. The molecule has 0 aliphatic heterocycles. The molecule has 1 amide bonds. The van der Waals surface area contributed by atoms with Crippen molar-refractivity contribution in [2.24, 2.45) is 0 Å². The minimum absolute atomic E-state index is 0.123. The first kappa shape index (κ1) is 13.9. The molecule has 112 valence electrons. The number of methoxy groups -OCH3 is 1. The van der Waals surface area contributed by atoms with Crippen molar-refractivity contribution in [1.29, 1.82) is 0 Å². The third-order valence-corrected chi connectivity index (χ3v) is 3.32. The van der Waals surface area contributed by atoms with Crippen molar-refractivity contribution in [3.8, 4) is 5.75 Å². The molecule has 0 aliphatic rings. The third-order valence-electron chi connectivity index (χ3n) is 3.32. The largest absolute Gasteiger partial charge is 0.497 e. The molecule has 0 atom stereocenters. The molecule has 1 heterocycles. The molecule has 0 saturated heterocycles. The summed E-state index contributed by atoms with van der Waals surface area (Å²) in [5.74, 6) is 0.633. The third kappa shape index (κ3) is 3.01. The van der Waals surface area contributed by atoms with Gasteiger partial charge in [-0.2, -0.15) is 0 Å². The molecule has 0 bridgehead atoms. The Hall–Kier alpha value is -3.02. The van der Waals surface area contributed by atoms with Crippen molar-refractivity contribution in [2.45, 2.75) is 6.42 Å². The van der Waals surface area contributed by atoms with Crippen LogP contribution in [-0.2, 0) is 11.2 Å². The van der Waals surface area contributed by atoms with Crippen LogP contribution in [0.2, 0.25) is 0 Å². The second-order valence-corrected chi connectivity index (χ2v) is 4.91. The molecule has 6 nitrogen and oxygen atoms in total. The first-order valence-corrected chi connectivity index (χ1v) is 6.79. The maximum atomic E-state index is 12.1. The fourth-order valence-electron chi connectivity index (χ4n) is 2.24. The summed E-state index contributed by atoms with van der Waals surface area (Å²) in [7, 11) is 1.60. The monoisotopic (exact) mass is 297 g/mol. The molecule has 0 fully saturated rings. The molecule has 3 aromatic rings. The lowest BCUT2D eigenvalue weighted by Gasteiger charge is -2.06. The lowest BCUT2D eigenvalue weighted by atomic mass is 10.1. The Kier molecular flexibility index (Phi) is 3.65. The van der Waals surface area contributed by atoms with Crippen molar-refractivity contribution < 1.29 is 9.53 Å². The minimum atomic E-state index is -0.267. The van der Waals surface area contributed by atoms with Crippen molar-refractivity contribution in [3.05, 3.63) is 58.5 Å². The number of aromatic amines is 2. The zero-order chi connectivity index (χ0) is 15.5. The Morgan fingerprint density at radius 2 is 1.82 bits per heavy atom. The molecule has 0 saturated carbocycles. The van der Waals surface area contributed by atoms with E-state index in [0.29, 0.717) is 16.7 Å². The van der Waals surface area contributed by atoms with E-state index in [9.17, 15) is 9.59 Å². The van der Waals surface area contributed by atoms with Gasteiger partial charge in [0.25, 0.3) is 0 Å². The smallest absolute Gasteiger partial charge is 0.323 e. The van der Waals surface area contributed by atoms with Crippen molar-refractivity contribution >= 4 is 22.6 Å². The number of ether oxygens (including phenoxy) is 1. The van der Waals surface area contributed by atoms with E-state index in [2.05, 4.69) is 15.3 Å². The van der Waals surface area contributed by atoms with E-state index in [1.165, 1.54) is 0 Å². The van der Waals surface area contributed by atoms with Crippen LogP contribution in [0.25, 0.3) is 11.0 Å². The van der Waals surface area contributed by atoms with E-state index in [-0.39, 0.29) is 18.0 Å². The van der Waals surface area contributed by atoms with Crippen LogP contribution < -0.4 is 15.7 Å². The molecular formula is C16H15N3O3. The summed E-state index contributed by atoms with van der Waals surface area (Å²) in [4.78, 5) is 28.6. The van der Waals surface area contributed by atoms with Crippen LogP contribution in [0.5, 0.6) is 5.75 Å². The van der Waals surface area contributed by atoms with Gasteiger partial charge in [-0.25, -0.2) is 4.79 Å². The van der Waals surface area contributed by atoms with E-state index in [0.717, 1.165) is 11.3 Å². The van der Waals surface area contributed by atoms with Gasteiger partial charge in [0.2, 0.25) is 5.91 Å². The second-order valence-electron chi connectivity index (χ2n) is 4.91. The Balaban J connectivity index is 1.70. The van der Waals surface area contributed by atoms with Crippen molar-refractivity contribution in [1.82, 2.24) is 9.97 Å². The van der Waals surface area contributed by atoms with Crippen molar-refractivity contribution in [2.75, 3.05) is 12.4 Å². The fourth-order valence-corrected chi connectivity index (χ4v) is 2.24. The highest BCUT2D eigenvalue weighted by atomic mass is 16.5. The summed E-state index contributed by atoms with van der Waals surface area (Å²) in [6.07, 6.45) is 0.270. The van der Waals surface area contributed by atoms with Gasteiger partial charge in [-0.05, 0) is 35.9 Å². The van der Waals surface area contributed by atoms with Gasteiger partial charge < -0.3 is 20.0 Å². The predicted octanol–water partition coefficient (Wildman–Crippen LogP) is 2.05. The van der Waals surface area contributed by atoms with E-state index in [1.807, 2.05) is 24.3 Å². The first-order chi connectivity index (χ1) is 10.6. The molecular weight excluding hydrogens is 282 g/mol. The number of anilines is 1. The number of rotatable bonds is 4. The average molecular weight is 297 g/mol. The topological polar surface area (TPSA) is 87.0 Å². The lowest BCUT2D eigenvalue weighted by molar-refractivity contribution is -0.115. The summed E-state index contributed by atoms with van der Waals surface area (Å²) in [5.41, 5.74) is 2.64. The van der Waals surface area contributed by atoms with Crippen LogP contribution in [0.1, 0.15) is 5.56 Å². The Labute approximate surface area is 126 Å². The van der Waals surface area contributed by atoms with Crippen LogP contribution in [0.15, 0.2) is 47.3 Å². The molecule has 6 heteroatoms. The number of H-pyrrole nitrogens is 2. The van der Waals surface area contributed by atoms with E-state index in [4.69, 9.17) is 4.74 Å². The summed E-state index contributed by atoms with van der Waals surface area (Å²) in [6.45, 7) is 0. The first-order valence-electron chi connectivity index (χ1n) is 6.79. The lowest BCUT2D eigenvalue weighted by Crippen LogP contribution is -2.14. The molecule has 3 N–H and O–H groups in total. The molecule has 2 aromatic carbocycles. The maximum Gasteiger partial charge on any atom is 0.323 e. The number of amides is 1. The SMILES string of the molecule is COc1ccc(CC(=O)Nc2ccc3[nH]c(=O)[nH]c3c2)cc1. The highest BCUT2D eigenvalue weighted by Crippen LogP contribution is 2.16. The quantitative estimate of drug-likeness (QED) is 0.688. The van der Waals surface area contributed by atoms with Crippen LogP contribution in [0.3, 0.4) is 0 Å². The highest BCUT2D eigenvalue weighted by Gasteiger charge is 2.06. The molecule has 0 unspecified atom stereocenters. The van der Waals surface area contributed by atoms with Crippen molar-refractivity contribution in [3.63, 3.8) is 0 Å². The number of hydrogen-bond donors (Lipinski definition) is 3. The molecule has 0 radical (unpaired) electrons. The number of nitrogens with one attached hydrogen (secondary N) is 3. The fraction of sp³-hybridized carbons (Fsp3) is 0.125. The summed E-state index contributed by atoms with van der Waals surface area (Å²) >= 11 is 0. The van der Waals surface area contributed by atoms with Crippen LogP contribution in [0.4, 0.5) is 5.69 Å². The molecule has 0 aliphatic carbocycles. The summed E-state index contributed by atoms with van der Waals surface area (Å²) in [5, 5.41) is 2.81.